The van der Waals surface area contributed by atoms with Gasteiger partial charge in [-0.3, -0.25) is 4.99 Å². The van der Waals surface area contributed by atoms with Crippen LogP contribution >= 0.6 is 23.4 Å². The van der Waals surface area contributed by atoms with Gasteiger partial charge in [-0.1, -0.05) is 29.4 Å². The second-order valence-electron chi connectivity index (χ2n) is 4.11. The maximum atomic E-state index is 6.04. The topological polar surface area (TPSA) is 24.4 Å². The second kappa shape index (κ2) is 4.30. The summed E-state index contributed by atoms with van der Waals surface area (Å²) in [5, 5.41) is 5.44. The Bertz CT molecular complexity index is 445. The second-order valence-corrected chi connectivity index (χ2v) is 5.63. The smallest absolute Gasteiger partial charge is 0.157 e. The number of rotatable bonds is 1. The number of fused-ring (bicyclic) bond motifs is 1. The predicted molar refractivity (Wildman–Crippen MR) is 70.4 cm³/mol. The Labute approximate surface area is 104 Å². The molecular weight excluding hydrogens is 240 g/mol. The molecule has 1 heterocycles. The maximum Gasteiger partial charge on any atom is 0.157 e. The highest BCUT2D eigenvalue weighted by Crippen LogP contribution is 2.33. The Hall–Kier alpha value is -0.670. The fraction of sp³-hybridized carbons (Fsp3) is 0.417. The zero-order valence-corrected chi connectivity index (χ0v) is 10.4. The zero-order chi connectivity index (χ0) is 11.0. The Balaban J connectivity index is 1.82. The molecule has 0 aromatic heterocycles. The van der Waals surface area contributed by atoms with Gasteiger partial charge in [0.2, 0.25) is 0 Å². The highest BCUT2D eigenvalue weighted by atomic mass is 35.5. The van der Waals surface area contributed by atoms with Gasteiger partial charge in [0.1, 0.15) is 0 Å². The Morgan fingerprint density at radius 2 is 2.38 bits per heavy atom. The summed E-state index contributed by atoms with van der Waals surface area (Å²) >= 11 is 7.86. The van der Waals surface area contributed by atoms with Crippen LogP contribution in [0.4, 0.5) is 0 Å². The summed E-state index contributed by atoms with van der Waals surface area (Å²) in [6, 6.07) is 6.60. The van der Waals surface area contributed by atoms with Crippen LogP contribution in [-0.4, -0.2) is 17.5 Å². The van der Waals surface area contributed by atoms with Gasteiger partial charge in [-0.25, -0.2) is 0 Å². The van der Waals surface area contributed by atoms with E-state index in [0.29, 0.717) is 6.04 Å². The average Bonchev–Trinajstić information content (AvgIpc) is 2.90. The first kappa shape index (κ1) is 10.5. The van der Waals surface area contributed by atoms with E-state index < -0.39 is 0 Å². The number of thioether (sulfide) groups is 1. The molecule has 0 saturated carbocycles. The lowest BCUT2D eigenvalue weighted by molar-refractivity contribution is 0.644. The van der Waals surface area contributed by atoms with Gasteiger partial charge < -0.3 is 5.32 Å². The molecule has 2 nitrogen and oxygen atoms in total. The molecule has 1 atom stereocenters. The van der Waals surface area contributed by atoms with Crippen molar-refractivity contribution in [2.45, 2.75) is 18.9 Å². The molecule has 1 unspecified atom stereocenters. The van der Waals surface area contributed by atoms with E-state index >= 15 is 0 Å². The van der Waals surface area contributed by atoms with Gasteiger partial charge in [0.15, 0.2) is 5.17 Å². The molecule has 0 bridgehead atoms. The van der Waals surface area contributed by atoms with Gasteiger partial charge in [-0.05, 0) is 36.1 Å². The van der Waals surface area contributed by atoms with E-state index in [1.54, 1.807) is 0 Å². The quantitative estimate of drug-likeness (QED) is 0.831. The molecule has 16 heavy (non-hydrogen) atoms. The van der Waals surface area contributed by atoms with Crippen molar-refractivity contribution in [1.29, 1.82) is 0 Å². The van der Waals surface area contributed by atoms with E-state index in [1.807, 2.05) is 17.8 Å². The molecule has 1 aromatic carbocycles. The highest BCUT2D eigenvalue weighted by molar-refractivity contribution is 8.14. The summed E-state index contributed by atoms with van der Waals surface area (Å²) in [5.74, 6) is 1.11. The molecule has 1 aromatic rings. The molecule has 0 amide bonds. The number of benzene rings is 1. The Morgan fingerprint density at radius 3 is 3.19 bits per heavy atom. The minimum absolute atomic E-state index is 0.401. The SMILES string of the molecule is Clc1ccc2c(c1)C(NC1=NCCS1)CC2. The van der Waals surface area contributed by atoms with Crippen LogP contribution in [0.1, 0.15) is 23.6 Å². The Morgan fingerprint density at radius 1 is 1.44 bits per heavy atom. The molecule has 2 aliphatic rings. The number of amidine groups is 1. The molecule has 84 valence electrons. The van der Waals surface area contributed by atoms with Crippen molar-refractivity contribution in [3.63, 3.8) is 0 Å². The molecule has 4 heteroatoms. The van der Waals surface area contributed by atoms with E-state index in [4.69, 9.17) is 11.6 Å². The fourth-order valence-corrected chi connectivity index (χ4v) is 3.26. The summed E-state index contributed by atoms with van der Waals surface area (Å²) in [5.41, 5.74) is 2.77. The minimum atomic E-state index is 0.401. The number of aryl methyl sites for hydroxylation is 1. The van der Waals surface area contributed by atoms with Crippen LogP contribution in [0.5, 0.6) is 0 Å². The maximum absolute atomic E-state index is 6.04. The van der Waals surface area contributed by atoms with Crippen LogP contribution in [0, 0.1) is 0 Å². The molecule has 1 aliphatic carbocycles. The van der Waals surface area contributed by atoms with Crippen LogP contribution in [0.15, 0.2) is 23.2 Å². The fourth-order valence-electron chi connectivity index (χ4n) is 2.29. The van der Waals surface area contributed by atoms with Crippen molar-refractivity contribution >= 4 is 28.5 Å². The van der Waals surface area contributed by atoms with Crippen molar-refractivity contribution in [2.24, 2.45) is 4.99 Å². The third-order valence-electron chi connectivity index (χ3n) is 3.07. The minimum Gasteiger partial charge on any atom is -0.358 e. The first-order chi connectivity index (χ1) is 7.83. The number of nitrogens with zero attached hydrogens (tertiary/aromatic N) is 1. The lowest BCUT2D eigenvalue weighted by Crippen LogP contribution is -2.23. The van der Waals surface area contributed by atoms with Gasteiger partial charge in [0, 0.05) is 10.8 Å². The number of hydrogen-bond donors (Lipinski definition) is 1. The number of hydrogen-bond acceptors (Lipinski definition) is 3. The Kier molecular flexibility index (Phi) is 2.82. The monoisotopic (exact) mass is 252 g/mol. The van der Waals surface area contributed by atoms with Crippen LogP contribution in [0.2, 0.25) is 5.02 Å². The molecule has 1 aliphatic heterocycles. The third kappa shape index (κ3) is 1.94. The first-order valence-electron chi connectivity index (χ1n) is 5.55. The molecular formula is C12H13ClN2S. The van der Waals surface area contributed by atoms with Crippen LogP contribution in [0.25, 0.3) is 0 Å². The van der Waals surface area contributed by atoms with Crippen molar-refractivity contribution in [3.8, 4) is 0 Å². The van der Waals surface area contributed by atoms with Crippen molar-refractivity contribution in [2.75, 3.05) is 12.3 Å². The number of nitrogens with one attached hydrogen (secondary N) is 1. The number of aliphatic imine (C=N–C) groups is 1. The van der Waals surface area contributed by atoms with Gasteiger partial charge in [-0.2, -0.15) is 0 Å². The summed E-state index contributed by atoms with van der Waals surface area (Å²) < 4.78 is 0. The van der Waals surface area contributed by atoms with Gasteiger partial charge in [0.05, 0.1) is 12.6 Å². The highest BCUT2D eigenvalue weighted by Gasteiger charge is 2.24. The molecule has 0 saturated heterocycles. The largest absolute Gasteiger partial charge is 0.358 e. The van der Waals surface area contributed by atoms with E-state index in [-0.39, 0.29) is 0 Å². The van der Waals surface area contributed by atoms with Crippen molar-refractivity contribution in [1.82, 2.24) is 5.32 Å². The summed E-state index contributed by atoms with van der Waals surface area (Å²) in [7, 11) is 0. The lowest BCUT2D eigenvalue weighted by atomic mass is 10.1. The van der Waals surface area contributed by atoms with Crippen LogP contribution in [-0.2, 0) is 6.42 Å². The average molecular weight is 253 g/mol. The van der Waals surface area contributed by atoms with E-state index in [1.165, 1.54) is 11.1 Å². The summed E-state index contributed by atoms with van der Waals surface area (Å²) in [6.07, 6.45) is 2.29. The molecule has 1 N–H and O–H groups in total. The summed E-state index contributed by atoms with van der Waals surface area (Å²) in [4.78, 5) is 4.43. The summed E-state index contributed by atoms with van der Waals surface area (Å²) in [6.45, 7) is 0.947. The van der Waals surface area contributed by atoms with Crippen LogP contribution < -0.4 is 5.32 Å². The lowest BCUT2D eigenvalue weighted by Gasteiger charge is -2.14. The van der Waals surface area contributed by atoms with Crippen LogP contribution in [0.3, 0.4) is 0 Å². The molecule has 0 spiro atoms. The molecule has 0 fully saturated rings. The van der Waals surface area contributed by atoms with E-state index in [0.717, 1.165) is 35.3 Å². The zero-order valence-electron chi connectivity index (χ0n) is 8.87. The molecule has 3 rings (SSSR count). The first-order valence-corrected chi connectivity index (χ1v) is 6.91. The molecule has 0 radical (unpaired) electrons. The van der Waals surface area contributed by atoms with E-state index in [2.05, 4.69) is 22.4 Å². The standard InChI is InChI=1S/C12H13ClN2S/c13-9-3-1-8-2-4-11(10(8)7-9)15-12-14-5-6-16-12/h1,3,7,11H,2,4-6H2,(H,14,15). The van der Waals surface area contributed by atoms with Gasteiger partial charge in [-0.15, -0.1) is 0 Å². The van der Waals surface area contributed by atoms with E-state index in [9.17, 15) is 0 Å². The predicted octanol–water partition coefficient (Wildman–Crippen LogP) is 3.02. The van der Waals surface area contributed by atoms with Crippen molar-refractivity contribution in [3.05, 3.63) is 34.3 Å². The van der Waals surface area contributed by atoms with Crippen molar-refractivity contribution < 1.29 is 0 Å². The van der Waals surface area contributed by atoms with Gasteiger partial charge in [0.25, 0.3) is 0 Å². The van der Waals surface area contributed by atoms with Gasteiger partial charge >= 0.3 is 0 Å². The number of halogens is 1. The normalized spacial score (nSPS) is 23.1. The third-order valence-corrected chi connectivity index (χ3v) is 4.21.